The first-order valence-electron chi connectivity index (χ1n) is 8.10. The molecule has 0 aromatic heterocycles. The largest absolute Gasteiger partial charge is 0.506 e. The maximum Gasteiger partial charge on any atom is 0.211 e. The Hall–Kier alpha value is -1.59. The number of anilines is 1. The monoisotopic (exact) mass is 306 g/mol. The first-order valence-corrected chi connectivity index (χ1v) is 8.10. The molecule has 0 aliphatic carbocycles. The van der Waals surface area contributed by atoms with Gasteiger partial charge >= 0.3 is 0 Å². The van der Waals surface area contributed by atoms with Crippen molar-refractivity contribution in [2.45, 2.75) is 51.2 Å². The van der Waals surface area contributed by atoms with Crippen LogP contribution in [0, 0.1) is 5.92 Å². The molecule has 3 unspecified atom stereocenters. The van der Waals surface area contributed by atoms with Crippen LogP contribution in [0.3, 0.4) is 0 Å². The summed E-state index contributed by atoms with van der Waals surface area (Å²) in [6.45, 7) is 3.15. The standard InChI is InChI=1S/C17H26N2O3/c1-2-3-4-12-5-7-14(18-10-12)17(22)13-6-8-16(21)15(9-13)19-11-20/h6,8-9,11-12,14,17-18,21-22H,2-5,7,10H2,1H3,(H,19,20). The number of piperidine rings is 1. The summed E-state index contributed by atoms with van der Waals surface area (Å²) in [4.78, 5) is 10.5. The third-order valence-electron chi connectivity index (χ3n) is 4.48. The lowest BCUT2D eigenvalue weighted by atomic mass is 9.87. The molecule has 5 nitrogen and oxygen atoms in total. The lowest BCUT2D eigenvalue weighted by molar-refractivity contribution is -0.105. The van der Waals surface area contributed by atoms with Crippen LogP contribution >= 0.6 is 0 Å². The van der Waals surface area contributed by atoms with E-state index in [1.165, 1.54) is 25.3 Å². The first kappa shape index (κ1) is 16.8. The molecule has 4 N–H and O–H groups in total. The smallest absolute Gasteiger partial charge is 0.211 e. The Labute approximate surface area is 131 Å². The Morgan fingerprint density at radius 3 is 2.91 bits per heavy atom. The van der Waals surface area contributed by atoms with Gasteiger partial charge in [-0.25, -0.2) is 0 Å². The molecule has 1 fully saturated rings. The van der Waals surface area contributed by atoms with E-state index < -0.39 is 6.10 Å². The van der Waals surface area contributed by atoms with Gasteiger partial charge in [0.1, 0.15) is 5.75 Å². The Bertz CT molecular complexity index is 485. The Morgan fingerprint density at radius 2 is 2.27 bits per heavy atom. The Morgan fingerprint density at radius 1 is 1.45 bits per heavy atom. The number of phenolic OH excluding ortho intramolecular Hbond substituents is 1. The maximum atomic E-state index is 10.5. The molecule has 0 spiro atoms. The molecule has 0 bridgehead atoms. The van der Waals surface area contributed by atoms with Crippen LogP contribution in [0.25, 0.3) is 0 Å². The van der Waals surface area contributed by atoms with Crippen LogP contribution in [0.4, 0.5) is 5.69 Å². The van der Waals surface area contributed by atoms with Crippen LogP contribution in [-0.4, -0.2) is 29.2 Å². The maximum absolute atomic E-state index is 10.5. The highest BCUT2D eigenvalue weighted by Gasteiger charge is 2.27. The molecule has 1 aliphatic heterocycles. The number of nitrogens with one attached hydrogen (secondary N) is 2. The quantitative estimate of drug-likeness (QED) is 0.461. The number of aliphatic hydroxyl groups is 1. The van der Waals surface area contributed by atoms with E-state index in [4.69, 9.17) is 0 Å². The van der Waals surface area contributed by atoms with E-state index in [9.17, 15) is 15.0 Å². The van der Waals surface area contributed by atoms with E-state index in [-0.39, 0.29) is 11.8 Å². The van der Waals surface area contributed by atoms with Crippen molar-refractivity contribution in [2.75, 3.05) is 11.9 Å². The fourth-order valence-corrected chi connectivity index (χ4v) is 3.10. The second-order valence-electron chi connectivity index (χ2n) is 6.08. The molecule has 3 atom stereocenters. The van der Waals surface area contributed by atoms with Crippen LogP contribution < -0.4 is 10.6 Å². The van der Waals surface area contributed by atoms with Gasteiger partial charge in [0.05, 0.1) is 11.8 Å². The zero-order chi connectivity index (χ0) is 15.9. The average molecular weight is 306 g/mol. The topological polar surface area (TPSA) is 81.6 Å². The summed E-state index contributed by atoms with van der Waals surface area (Å²) < 4.78 is 0. The van der Waals surface area contributed by atoms with E-state index in [1.54, 1.807) is 12.1 Å². The molecular weight excluding hydrogens is 280 g/mol. The highest BCUT2D eigenvalue weighted by molar-refractivity contribution is 5.75. The molecule has 1 saturated heterocycles. The highest BCUT2D eigenvalue weighted by atomic mass is 16.3. The van der Waals surface area contributed by atoms with Gasteiger partial charge in [-0.15, -0.1) is 0 Å². The van der Waals surface area contributed by atoms with Gasteiger partial charge < -0.3 is 20.8 Å². The van der Waals surface area contributed by atoms with Crippen LogP contribution in [-0.2, 0) is 4.79 Å². The third kappa shape index (κ3) is 4.21. The molecule has 122 valence electrons. The van der Waals surface area contributed by atoms with Crippen molar-refractivity contribution in [1.82, 2.24) is 5.32 Å². The van der Waals surface area contributed by atoms with E-state index in [2.05, 4.69) is 17.6 Å². The number of unbranched alkanes of at least 4 members (excludes halogenated alkanes) is 1. The number of phenols is 1. The molecule has 22 heavy (non-hydrogen) atoms. The summed E-state index contributed by atoms with van der Waals surface area (Å²) >= 11 is 0. The van der Waals surface area contributed by atoms with Crippen LogP contribution in [0.2, 0.25) is 0 Å². The lowest BCUT2D eigenvalue weighted by Gasteiger charge is -2.33. The van der Waals surface area contributed by atoms with E-state index >= 15 is 0 Å². The zero-order valence-electron chi connectivity index (χ0n) is 13.1. The average Bonchev–Trinajstić information content (AvgIpc) is 2.55. The molecule has 2 rings (SSSR count). The number of carbonyl (C=O) groups is 1. The highest BCUT2D eigenvalue weighted by Crippen LogP contribution is 2.31. The summed E-state index contributed by atoms with van der Waals surface area (Å²) in [6.07, 6.45) is 5.68. The minimum absolute atomic E-state index is 0.000664. The number of aliphatic hydroxyl groups excluding tert-OH is 1. The SMILES string of the molecule is CCCCC1CCC(C(O)c2ccc(O)c(NC=O)c2)NC1. The number of hydrogen-bond acceptors (Lipinski definition) is 4. The van der Waals surface area contributed by atoms with Gasteiger partial charge in [0.15, 0.2) is 0 Å². The van der Waals surface area contributed by atoms with Gasteiger partial charge in [0.2, 0.25) is 6.41 Å². The van der Waals surface area contributed by atoms with E-state index in [1.807, 2.05) is 0 Å². The molecule has 1 amide bonds. The van der Waals surface area contributed by atoms with Crippen molar-refractivity contribution in [3.05, 3.63) is 23.8 Å². The summed E-state index contributed by atoms with van der Waals surface area (Å²) in [5, 5.41) is 26.1. The number of amides is 1. The summed E-state index contributed by atoms with van der Waals surface area (Å²) in [5.41, 5.74) is 1.02. The fraction of sp³-hybridized carbons (Fsp3) is 0.588. The van der Waals surface area contributed by atoms with Crippen molar-refractivity contribution in [3.8, 4) is 5.75 Å². The van der Waals surface area contributed by atoms with Gasteiger partial charge in [-0.2, -0.15) is 0 Å². The number of aromatic hydroxyl groups is 1. The number of benzene rings is 1. The molecule has 1 aliphatic rings. The Balaban J connectivity index is 1.96. The fourth-order valence-electron chi connectivity index (χ4n) is 3.10. The predicted octanol–water partition coefficient (Wildman–Crippen LogP) is 2.55. The molecule has 0 saturated carbocycles. The van der Waals surface area contributed by atoms with E-state index in [0.29, 0.717) is 23.6 Å². The molecular formula is C17H26N2O3. The van der Waals surface area contributed by atoms with Gasteiger partial charge in [0, 0.05) is 6.04 Å². The molecule has 1 aromatic rings. The Kier molecular flexibility index (Phi) is 6.21. The second-order valence-corrected chi connectivity index (χ2v) is 6.08. The summed E-state index contributed by atoms with van der Waals surface area (Å²) in [5.74, 6) is 0.704. The first-order chi connectivity index (χ1) is 10.7. The van der Waals surface area contributed by atoms with Crippen LogP contribution in [0.1, 0.15) is 50.7 Å². The van der Waals surface area contributed by atoms with Crippen molar-refractivity contribution in [2.24, 2.45) is 5.92 Å². The van der Waals surface area contributed by atoms with Crippen molar-refractivity contribution >= 4 is 12.1 Å². The van der Waals surface area contributed by atoms with E-state index in [0.717, 1.165) is 19.4 Å². The summed E-state index contributed by atoms with van der Waals surface area (Å²) in [7, 11) is 0. The number of hydrogen-bond donors (Lipinski definition) is 4. The molecule has 5 heteroatoms. The van der Waals surface area contributed by atoms with Gasteiger partial charge in [0.25, 0.3) is 0 Å². The molecule has 1 heterocycles. The van der Waals surface area contributed by atoms with Crippen molar-refractivity contribution < 1.29 is 15.0 Å². The third-order valence-corrected chi connectivity index (χ3v) is 4.48. The van der Waals surface area contributed by atoms with Crippen molar-refractivity contribution in [1.29, 1.82) is 0 Å². The number of carbonyl (C=O) groups excluding carboxylic acids is 1. The predicted molar refractivity (Wildman–Crippen MR) is 86.8 cm³/mol. The van der Waals surface area contributed by atoms with Gasteiger partial charge in [-0.05, 0) is 49.4 Å². The normalized spacial score (nSPS) is 23.0. The van der Waals surface area contributed by atoms with Crippen molar-refractivity contribution in [3.63, 3.8) is 0 Å². The lowest BCUT2D eigenvalue weighted by Crippen LogP contribution is -2.42. The zero-order valence-corrected chi connectivity index (χ0v) is 13.1. The summed E-state index contributed by atoms with van der Waals surface area (Å²) in [6, 6.07) is 4.84. The molecule has 1 aromatic carbocycles. The number of rotatable bonds is 7. The molecule has 0 radical (unpaired) electrons. The van der Waals surface area contributed by atoms with Gasteiger partial charge in [-0.1, -0.05) is 25.8 Å². The van der Waals surface area contributed by atoms with Crippen LogP contribution in [0.5, 0.6) is 5.75 Å². The second kappa shape index (κ2) is 8.15. The van der Waals surface area contributed by atoms with Gasteiger partial charge in [-0.3, -0.25) is 4.79 Å². The van der Waals surface area contributed by atoms with Crippen LogP contribution in [0.15, 0.2) is 18.2 Å². The minimum Gasteiger partial charge on any atom is -0.506 e. The minimum atomic E-state index is -0.639.